The van der Waals surface area contributed by atoms with Crippen molar-refractivity contribution < 1.29 is 4.79 Å². The zero-order chi connectivity index (χ0) is 20.8. The van der Waals surface area contributed by atoms with Crippen LogP contribution in [0.2, 0.25) is 5.02 Å². The normalized spacial score (nSPS) is 10.3. The van der Waals surface area contributed by atoms with E-state index < -0.39 is 0 Å². The first-order valence-corrected chi connectivity index (χ1v) is 10.3. The fraction of sp³-hybridized carbons (Fsp3) is 0.0952. The van der Waals surface area contributed by atoms with E-state index in [4.69, 9.17) is 23.8 Å². The molecule has 8 heteroatoms. The maximum Gasteiger partial charge on any atom is 0.269 e. The van der Waals surface area contributed by atoms with Crippen LogP contribution in [0.1, 0.15) is 16.1 Å². The van der Waals surface area contributed by atoms with Crippen molar-refractivity contribution in [3.63, 3.8) is 0 Å². The summed E-state index contributed by atoms with van der Waals surface area (Å²) in [7, 11) is 1.59. The van der Waals surface area contributed by atoms with Crippen molar-refractivity contribution in [1.82, 2.24) is 10.3 Å². The number of pyridine rings is 1. The Morgan fingerprint density at radius 2 is 1.69 bits per heavy atom. The summed E-state index contributed by atoms with van der Waals surface area (Å²) in [6.45, 7) is 1.95. The van der Waals surface area contributed by atoms with Gasteiger partial charge in [0.15, 0.2) is 5.11 Å². The lowest BCUT2D eigenvalue weighted by molar-refractivity contribution is 0.0958. The van der Waals surface area contributed by atoms with Gasteiger partial charge in [0.05, 0.1) is 0 Å². The second-order valence-corrected chi connectivity index (χ2v) is 8.09. The van der Waals surface area contributed by atoms with Gasteiger partial charge in [0.1, 0.15) is 5.69 Å². The summed E-state index contributed by atoms with van der Waals surface area (Å²) < 4.78 is 0. The smallest absolute Gasteiger partial charge is 0.269 e. The van der Waals surface area contributed by atoms with E-state index in [2.05, 4.69) is 20.9 Å². The molecule has 1 aromatic heterocycles. The van der Waals surface area contributed by atoms with Crippen LogP contribution in [-0.2, 0) is 0 Å². The maximum absolute atomic E-state index is 11.7. The molecule has 0 saturated carbocycles. The van der Waals surface area contributed by atoms with Gasteiger partial charge >= 0.3 is 0 Å². The first kappa shape index (κ1) is 21.1. The molecule has 5 nitrogen and oxygen atoms in total. The summed E-state index contributed by atoms with van der Waals surface area (Å²) in [6, 6.07) is 17.2. The molecule has 0 spiro atoms. The van der Waals surface area contributed by atoms with Crippen molar-refractivity contribution in [1.29, 1.82) is 0 Å². The molecule has 2 aromatic carbocycles. The molecule has 0 fully saturated rings. The number of rotatable bonds is 5. The predicted molar refractivity (Wildman–Crippen MR) is 124 cm³/mol. The molecular formula is C21H19ClN4OS2. The number of benzene rings is 2. The highest BCUT2D eigenvalue weighted by molar-refractivity contribution is 7.99. The van der Waals surface area contributed by atoms with E-state index >= 15 is 0 Å². The number of aromatic nitrogens is 1. The van der Waals surface area contributed by atoms with Crippen molar-refractivity contribution >= 4 is 58.0 Å². The molecule has 3 aromatic rings. The average molecular weight is 443 g/mol. The Morgan fingerprint density at radius 1 is 1.00 bits per heavy atom. The molecule has 0 unspecified atom stereocenters. The molecule has 0 atom stereocenters. The fourth-order valence-corrected chi connectivity index (χ4v) is 3.68. The molecule has 148 valence electrons. The lowest BCUT2D eigenvalue weighted by atomic mass is 10.2. The van der Waals surface area contributed by atoms with Gasteiger partial charge in [-0.25, -0.2) is 0 Å². The number of amides is 1. The lowest BCUT2D eigenvalue weighted by Gasteiger charge is -2.12. The van der Waals surface area contributed by atoms with Crippen LogP contribution >= 0.6 is 35.6 Å². The predicted octanol–water partition coefficient (Wildman–Crippen LogP) is 5.36. The van der Waals surface area contributed by atoms with Crippen LogP contribution in [0.25, 0.3) is 0 Å². The van der Waals surface area contributed by atoms with Crippen LogP contribution < -0.4 is 16.0 Å². The van der Waals surface area contributed by atoms with Crippen molar-refractivity contribution in [3.05, 3.63) is 77.1 Å². The standard InChI is InChI=1S/C21H19ClN4OS2/c1-13-11-15(5-8-18(13)22)26-21(28)25-14-3-6-16(7-4-14)29-17-9-10-24-19(12-17)20(27)23-2/h3-12H,1-2H3,(H,23,27)(H2,25,26,28). The monoisotopic (exact) mass is 442 g/mol. The van der Waals surface area contributed by atoms with Gasteiger partial charge in [-0.05, 0) is 79.3 Å². The summed E-state index contributed by atoms with van der Waals surface area (Å²) in [6.07, 6.45) is 1.63. The Balaban J connectivity index is 1.60. The number of anilines is 2. The van der Waals surface area contributed by atoms with E-state index in [-0.39, 0.29) is 5.91 Å². The number of nitrogens with one attached hydrogen (secondary N) is 3. The number of hydrogen-bond donors (Lipinski definition) is 3. The van der Waals surface area contributed by atoms with Crippen molar-refractivity contribution in [3.8, 4) is 0 Å². The Kier molecular flexibility index (Phi) is 7.09. The van der Waals surface area contributed by atoms with E-state index in [1.807, 2.05) is 55.5 Å². The van der Waals surface area contributed by atoms with E-state index in [0.717, 1.165) is 31.8 Å². The molecule has 3 N–H and O–H groups in total. The minimum atomic E-state index is -0.205. The Labute approximate surface area is 184 Å². The highest BCUT2D eigenvalue weighted by Crippen LogP contribution is 2.28. The lowest BCUT2D eigenvalue weighted by Crippen LogP contribution is -2.19. The minimum absolute atomic E-state index is 0.205. The van der Waals surface area contributed by atoms with Crippen LogP contribution in [0.5, 0.6) is 0 Å². The molecule has 3 rings (SSSR count). The number of thiocarbonyl (C=S) groups is 1. The highest BCUT2D eigenvalue weighted by atomic mass is 35.5. The molecular weight excluding hydrogens is 424 g/mol. The largest absolute Gasteiger partial charge is 0.354 e. The zero-order valence-corrected chi connectivity index (χ0v) is 18.2. The maximum atomic E-state index is 11.7. The molecule has 0 aliphatic carbocycles. The topological polar surface area (TPSA) is 66.1 Å². The molecule has 0 saturated heterocycles. The third kappa shape index (κ3) is 5.93. The molecule has 1 amide bonds. The second-order valence-electron chi connectivity index (χ2n) is 6.13. The molecule has 0 aliphatic heterocycles. The third-order valence-corrected chi connectivity index (χ3v) is 5.58. The van der Waals surface area contributed by atoms with Gasteiger partial charge in [0.2, 0.25) is 0 Å². The van der Waals surface area contributed by atoms with Gasteiger partial charge in [-0.1, -0.05) is 23.4 Å². The number of hydrogen-bond acceptors (Lipinski definition) is 4. The quantitative estimate of drug-likeness (QED) is 0.462. The van der Waals surface area contributed by atoms with E-state index in [1.54, 1.807) is 31.1 Å². The minimum Gasteiger partial charge on any atom is -0.354 e. The summed E-state index contributed by atoms with van der Waals surface area (Å²) in [5, 5.41) is 10.1. The van der Waals surface area contributed by atoms with Crippen molar-refractivity contribution in [2.75, 3.05) is 17.7 Å². The van der Waals surface area contributed by atoms with E-state index in [9.17, 15) is 4.79 Å². The molecule has 0 bridgehead atoms. The Bertz CT molecular complexity index is 1040. The summed E-state index contributed by atoms with van der Waals surface area (Å²) in [5.41, 5.74) is 3.13. The first-order valence-electron chi connectivity index (χ1n) is 8.75. The Morgan fingerprint density at radius 3 is 2.38 bits per heavy atom. The Hall–Kier alpha value is -2.61. The van der Waals surface area contributed by atoms with Crippen LogP contribution in [0.15, 0.2) is 70.6 Å². The summed E-state index contributed by atoms with van der Waals surface area (Å²) >= 11 is 13.0. The van der Waals surface area contributed by atoms with Crippen molar-refractivity contribution in [2.45, 2.75) is 16.7 Å². The molecule has 0 aliphatic rings. The van der Waals surface area contributed by atoms with E-state index in [0.29, 0.717) is 10.8 Å². The van der Waals surface area contributed by atoms with E-state index in [1.165, 1.54) is 0 Å². The van der Waals surface area contributed by atoms with Gasteiger partial charge in [-0.3, -0.25) is 9.78 Å². The highest BCUT2D eigenvalue weighted by Gasteiger charge is 2.07. The van der Waals surface area contributed by atoms with Crippen LogP contribution in [-0.4, -0.2) is 23.1 Å². The number of aryl methyl sites for hydroxylation is 1. The molecule has 1 heterocycles. The van der Waals surface area contributed by atoms with Crippen LogP contribution in [0, 0.1) is 6.92 Å². The zero-order valence-electron chi connectivity index (χ0n) is 15.8. The second kappa shape index (κ2) is 9.73. The van der Waals surface area contributed by atoms with Gasteiger partial charge in [0.25, 0.3) is 5.91 Å². The SMILES string of the molecule is CNC(=O)c1cc(Sc2ccc(NC(=S)Nc3ccc(Cl)c(C)c3)cc2)ccn1. The molecule has 29 heavy (non-hydrogen) atoms. The number of halogens is 1. The van der Waals surface area contributed by atoms with Gasteiger partial charge in [-0.2, -0.15) is 0 Å². The third-order valence-electron chi connectivity index (χ3n) is 3.95. The van der Waals surface area contributed by atoms with Crippen LogP contribution in [0.4, 0.5) is 11.4 Å². The summed E-state index contributed by atoms with van der Waals surface area (Å²) in [5.74, 6) is -0.205. The number of carbonyl (C=O) groups excluding carboxylic acids is 1. The van der Waals surface area contributed by atoms with Gasteiger partial charge in [-0.15, -0.1) is 0 Å². The fourth-order valence-electron chi connectivity index (χ4n) is 2.49. The molecule has 0 radical (unpaired) electrons. The van der Waals surface area contributed by atoms with Gasteiger partial charge < -0.3 is 16.0 Å². The van der Waals surface area contributed by atoms with Crippen molar-refractivity contribution in [2.24, 2.45) is 0 Å². The van der Waals surface area contributed by atoms with Gasteiger partial charge in [0, 0.05) is 39.4 Å². The average Bonchev–Trinajstić information content (AvgIpc) is 2.72. The number of nitrogens with zero attached hydrogens (tertiary/aromatic N) is 1. The van der Waals surface area contributed by atoms with Crippen LogP contribution in [0.3, 0.4) is 0 Å². The first-order chi connectivity index (χ1) is 13.9. The number of carbonyl (C=O) groups is 1. The summed E-state index contributed by atoms with van der Waals surface area (Å²) in [4.78, 5) is 17.8.